The Kier molecular flexibility index (Phi) is 3.10. The Hall–Kier alpha value is -0.690. The van der Waals surface area contributed by atoms with E-state index in [1.807, 2.05) is 0 Å². The predicted octanol–water partition coefficient (Wildman–Crippen LogP) is 1.89. The molecule has 0 unspecified atom stereocenters. The molecule has 0 radical (unpaired) electrons. The number of nitrogens with zero attached hydrogens (tertiary/aromatic N) is 2. The molecule has 3 nitrogen and oxygen atoms in total. The summed E-state index contributed by atoms with van der Waals surface area (Å²) in [6, 6.07) is 0. The van der Waals surface area contributed by atoms with Gasteiger partial charge in [0, 0.05) is 12.5 Å². The van der Waals surface area contributed by atoms with Gasteiger partial charge in [-0.1, -0.05) is 11.6 Å². The van der Waals surface area contributed by atoms with Crippen LogP contribution in [0, 0.1) is 0 Å². The van der Waals surface area contributed by atoms with Gasteiger partial charge in [-0.05, 0) is 0 Å². The highest BCUT2D eigenvalue weighted by Crippen LogP contribution is 2.32. The van der Waals surface area contributed by atoms with Crippen LogP contribution >= 0.6 is 11.6 Å². The van der Waals surface area contributed by atoms with Gasteiger partial charge in [0.25, 0.3) is 0 Å². The smallest absolute Gasteiger partial charge is 0.251 e. The minimum Gasteiger partial charge on any atom is -0.251 e. The van der Waals surface area contributed by atoms with Gasteiger partial charge in [0.05, 0.1) is 10.8 Å². The highest BCUT2D eigenvalue weighted by atomic mass is 35.5. The highest BCUT2D eigenvalue weighted by Gasteiger charge is 2.34. The third kappa shape index (κ3) is 2.42. The first kappa shape index (κ1) is 11.4. The molecule has 0 aliphatic heterocycles. The summed E-state index contributed by atoms with van der Waals surface area (Å²) >= 11 is 5.25. The zero-order chi connectivity index (χ0) is 10.9. The van der Waals surface area contributed by atoms with Crippen LogP contribution in [-0.2, 0) is 17.0 Å². The molecule has 0 saturated heterocycles. The summed E-state index contributed by atoms with van der Waals surface area (Å²) in [5, 5.41) is -0.958. The van der Waals surface area contributed by atoms with Crippen LogP contribution in [0.3, 0.4) is 0 Å². The lowest BCUT2D eigenvalue weighted by Crippen LogP contribution is -2.09. The van der Waals surface area contributed by atoms with E-state index in [0.717, 1.165) is 0 Å². The number of halogens is 4. The molecule has 8 heteroatoms. The average Bonchev–Trinajstić information content (AvgIpc) is 2.01. The minimum absolute atomic E-state index is 0.219. The van der Waals surface area contributed by atoms with Gasteiger partial charge in [-0.2, -0.15) is 13.2 Å². The minimum atomic E-state index is -4.59. The Bertz CT molecular complexity index is 382. The van der Waals surface area contributed by atoms with Crippen LogP contribution in [0.2, 0.25) is 5.15 Å². The largest absolute Gasteiger partial charge is 0.420 e. The van der Waals surface area contributed by atoms with E-state index in [1.165, 1.54) is 6.26 Å². The first-order valence-corrected chi connectivity index (χ1v) is 5.19. The lowest BCUT2D eigenvalue weighted by Gasteiger charge is -2.07. The van der Waals surface area contributed by atoms with E-state index in [0.29, 0.717) is 6.20 Å². The summed E-state index contributed by atoms with van der Waals surface area (Å²) < 4.78 is 47.2. The molecule has 0 aliphatic carbocycles. The maximum Gasteiger partial charge on any atom is 0.420 e. The van der Waals surface area contributed by atoms with Crippen LogP contribution in [0.5, 0.6) is 0 Å². The van der Waals surface area contributed by atoms with E-state index in [-0.39, 0.29) is 5.16 Å². The van der Waals surface area contributed by atoms with Crippen molar-refractivity contribution >= 4 is 22.4 Å². The number of alkyl halides is 3. The summed E-state index contributed by atoms with van der Waals surface area (Å²) in [4.78, 5) is 6.56. The van der Waals surface area contributed by atoms with Gasteiger partial charge in [0.15, 0.2) is 0 Å². The van der Waals surface area contributed by atoms with E-state index in [1.54, 1.807) is 0 Å². The van der Waals surface area contributed by atoms with Gasteiger partial charge in [-0.25, -0.2) is 9.97 Å². The van der Waals surface area contributed by atoms with E-state index < -0.39 is 27.7 Å². The molecular weight excluding hydrogens is 241 g/mol. The van der Waals surface area contributed by atoms with E-state index in [4.69, 9.17) is 11.6 Å². The molecule has 0 aromatic carbocycles. The van der Waals surface area contributed by atoms with Gasteiger partial charge in [-0.3, -0.25) is 4.21 Å². The van der Waals surface area contributed by atoms with Gasteiger partial charge in [-0.15, -0.1) is 0 Å². The molecule has 0 N–H and O–H groups in total. The molecule has 78 valence electrons. The second kappa shape index (κ2) is 3.82. The van der Waals surface area contributed by atoms with Crippen LogP contribution in [0.1, 0.15) is 5.56 Å². The molecule has 1 rings (SSSR count). The maximum atomic E-state index is 12.1. The fourth-order valence-corrected chi connectivity index (χ4v) is 1.38. The molecule has 0 spiro atoms. The number of aromatic nitrogens is 2. The standard InChI is InChI=1S/C6H4ClF3N2OS/c1-14(13)5-11-2-3(4(7)12-5)6(8,9)10/h2H,1H3/t14-/m0/s1. The summed E-state index contributed by atoms with van der Waals surface area (Å²) in [6.45, 7) is 0. The number of hydrogen-bond acceptors (Lipinski definition) is 3. The van der Waals surface area contributed by atoms with Gasteiger partial charge in [0.1, 0.15) is 10.7 Å². The van der Waals surface area contributed by atoms with Crippen molar-refractivity contribution in [2.75, 3.05) is 6.26 Å². The van der Waals surface area contributed by atoms with E-state index in [2.05, 4.69) is 9.97 Å². The topological polar surface area (TPSA) is 42.9 Å². The first-order chi connectivity index (χ1) is 6.32. The fraction of sp³-hybridized carbons (Fsp3) is 0.333. The lowest BCUT2D eigenvalue weighted by atomic mass is 10.3. The van der Waals surface area contributed by atoms with Crippen molar-refractivity contribution in [3.05, 3.63) is 16.9 Å². The Balaban J connectivity index is 3.21. The molecule has 0 saturated carbocycles. The summed E-state index contributed by atoms with van der Waals surface area (Å²) in [6.07, 6.45) is -2.82. The average molecular weight is 245 g/mol. The normalized spacial score (nSPS) is 14.1. The van der Waals surface area contributed by atoms with Crippen LogP contribution in [0.25, 0.3) is 0 Å². The first-order valence-electron chi connectivity index (χ1n) is 3.25. The molecule has 1 atom stereocenters. The van der Waals surface area contributed by atoms with Crippen molar-refractivity contribution in [1.82, 2.24) is 9.97 Å². The molecule has 0 fully saturated rings. The third-order valence-corrected chi connectivity index (χ3v) is 2.28. The lowest BCUT2D eigenvalue weighted by molar-refractivity contribution is -0.138. The van der Waals surface area contributed by atoms with Crippen LogP contribution in [0.15, 0.2) is 11.4 Å². The molecular formula is C6H4ClF3N2OS. The predicted molar refractivity (Wildman–Crippen MR) is 44.4 cm³/mol. The van der Waals surface area contributed by atoms with Crippen molar-refractivity contribution in [3.63, 3.8) is 0 Å². The Labute approximate surface area is 84.8 Å². The van der Waals surface area contributed by atoms with Crippen molar-refractivity contribution < 1.29 is 17.4 Å². The number of rotatable bonds is 1. The summed E-state index contributed by atoms with van der Waals surface area (Å²) in [5.41, 5.74) is -1.13. The van der Waals surface area contributed by atoms with Crippen molar-refractivity contribution in [2.24, 2.45) is 0 Å². The molecule has 0 amide bonds. The third-order valence-electron chi connectivity index (χ3n) is 1.28. The van der Waals surface area contributed by atoms with Gasteiger partial charge < -0.3 is 0 Å². The zero-order valence-corrected chi connectivity index (χ0v) is 8.37. The van der Waals surface area contributed by atoms with E-state index in [9.17, 15) is 17.4 Å². The van der Waals surface area contributed by atoms with Crippen molar-refractivity contribution in [3.8, 4) is 0 Å². The highest BCUT2D eigenvalue weighted by molar-refractivity contribution is 7.84. The molecule has 1 heterocycles. The summed E-state index contributed by atoms with van der Waals surface area (Å²) in [5.74, 6) is 0. The maximum absolute atomic E-state index is 12.1. The molecule has 14 heavy (non-hydrogen) atoms. The molecule has 0 bridgehead atoms. The monoisotopic (exact) mass is 244 g/mol. The Morgan fingerprint density at radius 2 is 2.07 bits per heavy atom. The van der Waals surface area contributed by atoms with Crippen molar-refractivity contribution in [2.45, 2.75) is 11.3 Å². The molecule has 1 aromatic rings. The molecule has 0 aliphatic rings. The molecule has 1 aromatic heterocycles. The van der Waals surface area contributed by atoms with E-state index >= 15 is 0 Å². The Morgan fingerprint density at radius 3 is 2.43 bits per heavy atom. The van der Waals surface area contributed by atoms with Crippen LogP contribution in [0.4, 0.5) is 13.2 Å². The Morgan fingerprint density at radius 1 is 1.50 bits per heavy atom. The van der Waals surface area contributed by atoms with Gasteiger partial charge >= 0.3 is 6.18 Å². The van der Waals surface area contributed by atoms with Crippen LogP contribution < -0.4 is 0 Å². The van der Waals surface area contributed by atoms with Crippen molar-refractivity contribution in [1.29, 1.82) is 0 Å². The second-order valence-corrected chi connectivity index (χ2v) is 3.94. The fourth-order valence-electron chi connectivity index (χ4n) is 0.675. The van der Waals surface area contributed by atoms with Crippen LogP contribution in [-0.4, -0.2) is 20.4 Å². The summed E-state index contributed by atoms with van der Waals surface area (Å²) in [7, 11) is -1.55. The van der Waals surface area contributed by atoms with Gasteiger partial charge in [0.2, 0.25) is 5.16 Å². The quantitative estimate of drug-likeness (QED) is 0.560. The zero-order valence-electron chi connectivity index (χ0n) is 6.80. The number of hydrogen-bond donors (Lipinski definition) is 0. The second-order valence-electron chi connectivity index (χ2n) is 2.31. The SMILES string of the molecule is C[S@](=O)c1ncc(C(F)(F)F)c(Cl)n1.